The molecule has 0 spiro atoms. The molecule has 2 aromatic rings. The number of rotatable bonds is 6. The number of aliphatic hydroxyl groups is 1. The van der Waals surface area contributed by atoms with E-state index in [-0.39, 0.29) is 30.2 Å². The monoisotopic (exact) mass is 313 g/mol. The summed E-state index contributed by atoms with van der Waals surface area (Å²) in [5.74, 6) is -0.239. The number of carbonyl (C=O) groups is 1. The van der Waals surface area contributed by atoms with Gasteiger partial charge in [0.15, 0.2) is 0 Å². The number of nitrogens with zero attached hydrogens (tertiary/aromatic N) is 1. The van der Waals surface area contributed by atoms with Crippen molar-refractivity contribution in [3.63, 3.8) is 0 Å². The average Bonchev–Trinajstić information content (AvgIpc) is 3.35. The highest BCUT2D eigenvalue weighted by Crippen LogP contribution is 2.48. The summed E-state index contributed by atoms with van der Waals surface area (Å²) >= 11 is 0. The van der Waals surface area contributed by atoms with Crippen molar-refractivity contribution >= 4 is 5.91 Å². The number of halogens is 1. The van der Waals surface area contributed by atoms with Gasteiger partial charge >= 0.3 is 0 Å². The van der Waals surface area contributed by atoms with Crippen LogP contribution >= 0.6 is 0 Å². The molecular weight excluding hydrogens is 293 g/mol. The van der Waals surface area contributed by atoms with Gasteiger partial charge in [0, 0.05) is 19.0 Å². The molecular formula is C19H20FNO2. The topological polar surface area (TPSA) is 40.5 Å². The fraction of sp³-hybridized carbons (Fsp3) is 0.316. The lowest BCUT2D eigenvalue weighted by molar-refractivity contribution is -0.133. The predicted octanol–water partition coefficient (Wildman–Crippen LogP) is 2.95. The molecule has 0 heterocycles. The summed E-state index contributed by atoms with van der Waals surface area (Å²) in [7, 11) is 0. The van der Waals surface area contributed by atoms with E-state index in [1.165, 1.54) is 12.1 Å². The largest absolute Gasteiger partial charge is 0.395 e. The van der Waals surface area contributed by atoms with E-state index >= 15 is 0 Å². The molecule has 2 unspecified atom stereocenters. The molecule has 1 saturated carbocycles. The van der Waals surface area contributed by atoms with Gasteiger partial charge in [0.1, 0.15) is 5.82 Å². The Kier molecular flexibility index (Phi) is 4.72. The van der Waals surface area contributed by atoms with Crippen LogP contribution in [0.1, 0.15) is 23.5 Å². The van der Waals surface area contributed by atoms with E-state index < -0.39 is 0 Å². The lowest BCUT2D eigenvalue weighted by atomic mass is 10.1. The van der Waals surface area contributed by atoms with Crippen LogP contribution in [0, 0.1) is 11.7 Å². The summed E-state index contributed by atoms with van der Waals surface area (Å²) in [5.41, 5.74) is 1.92. The highest BCUT2D eigenvalue weighted by molar-refractivity contribution is 5.83. The van der Waals surface area contributed by atoms with Crippen molar-refractivity contribution < 1.29 is 14.3 Å². The third kappa shape index (κ3) is 3.77. The summed E-state index contributed by atoms with van der Waals surface area (Å²) in [6, 6.07) is 16.2. The highest BCUT2D eigenvalue weighted by atomic mass is 19.1. The molecule has 3 nitrogen and oxygen atoms in total. The third-order valence-corrected chi connectivity index (χ3v) is 4.28. The maximum Gasteiger partial charge on any atom is 0.226 e. The summed E-state index contributed by atoms with van der Waals surface area (Å²) < 4.78 is 13.3. The van der Waals surface area contributed by atoms with Crippen molar-refractivity contribution in [3.8, 4) is 0 Å². The average molecular weight is 313 g/mol. The van der Waals surface area contributed by atoms with Crippen LogP contribution in [0.3, 0.4) is 0 Å². The molecule has 4 heteroatoms. The Balaban J connectivity index is 1.68. The van der Waals surface area contributed by atoms with E-state index in [1.807, 2.05) is 36.4 Å². The molecule has 0 aliphatic heterocycles. The molecule has 1 fully saturated rings. The zero-order chi connectivity index (χ0) is 16.2. The summed E-state index contributed by atoms with van der Waals surface area (Å²) in [6.07, 6.45) is 0.749. The van der Waals surface area contributed by atoms with Crippen molar-refractivity contribution in [1.29, 1.82) is 0 Å². The van der Waals surface area contributed by atoms with Crippen LogP contribution in [0.2, 0.25) is 0 Å². The fourth-order valence-electron chi connectivity index (χ4n) is 3.00. The van der Waals surface area contributed by atoms with Crippen molar-refractivity contribution in [2.45, 2.75) is 18.9 Å². The molecule has 0 radical (unpaired) electrons. The molecule has 120 valence electrons. The van der Waals surface area contributed by atoms with E-state index in [2.05, 4.69) is 0 Å². The molecule has 2 atom stereocenters. The first-order chi connectivity index (χ1) is 11.2. The van der Waals surface area contributed by atoms with E-state index in [1.54, 1.807) is 11.0 Å². The first kappa shape index (κ1) is 15.7. The molecule has 3 rings (SSSR count). The lowest BCUT2D eigenvalue weighted by Gasteiger charge is -2.22. The van der Waals surface area contributed by atoms with Gasteiger partial charge in [-0.3, -0.25) is 4.79 Å². The molecule has 2 aromatic carbocycles. The quantitative estimate of drug-likeness (QED) is 0.891. The lowest BCUT2D eigenvalue weighted by Crippen LogP contribution is -2.34. The van der Waals surface area contributed by atoms with Crippen LogP contribution in [-0.2, 0) is 11.3 Å². The van der Waals surface area contributed by atoms with Crippen molar-refractivity contribution in [3.05, 3.63) is 71.5 Å². The van der Waals surface area contributed by atoms with E-state index in [0.717, 1.165) is 17.5 Å². The Morgan fingerprint density at radius 1 is 1.17 bits per heavy atom. The van der Waals surface area contributed by atoms with E-state index in [9.17, 15) is 14.3 Å². The SMILES string of the molecule is O=C(C1CC1c1cccc(F)c1)N(CCO)Cc1ccccc1. The number of aliphatic hydroxyl groups excluding tert-OH is 1. The maximum absolute atomic E-state index is 13.3. The second-order valence-electron chi connectivity index (χ2n) is 5.97. The Morgan fingerprint density at radius 3 is 2.65 bits per heavy atom. The van der Waals surface area contributed by atoms with Crippen molar-refractivity contribution in [2.75, 3.05) is 13.2 Å². The van der Waals surface area contributed by atoms with Gasteiger partial charge in [-0.2, -0.15) is 0 Å². The van der Waals surface area contributed by atoms with Gasteiger partial charge in [-0.05, 0) is 35.6 Å². The molecule has 1 amide bonds. The van der Waals surface area contributed by atoms with Gasteiger partial charge in [0.25, 0.3) is 0 Å². The predicted molar refractivity (Wildman–Crippen MR) is 86.2 cm³/mol. The van der Waals surface area contributed by atoms with Crippen LogP contribution in [0.25, 0.3) is 0 Å². The Hall–Kier alpha value is -2.20. The highest BCUT2D eigenvalue weighted by Gasteiger charge is 2.45. The molecule has 23 heavy (non-hydrogen) atoms. The Labute approximate surface area is 135 Å². The second-order valence-corrected chi connectivity index (χ2v) is 5.97. The minimum Gasteiger partial charge on any atom is -0.395 e. The molecule has 1 aliphatic rings. The molecule has 1 N–H and O–H groups in total. The van der Waals surface area contributed by atoms with E-state index in [4.69, 9.17) is 0 Å². The van der Waals surface area contributed by atoms with Crippen LogP contribution in [-0.4, -0.2) is 29.1 Å². The van der Waals surface area contributed by atoms with Gasteiger partial charge in [0.05, 0.1) is 6.61 Å². The zero-order valence-corrected chi connectivity index (χ0v) is 12.9. The van der Waals surface area contributed by atoms with Crippen LogP contribution in [0.4, 0.5) is 4.39 Å². The number of carbonyl (C=O) groups excluding carboxylic acids is 1. The number of benzene rings is 2. The Bertz CT molecular complexity index is 674. The minimum absolute atomic E-state index is 0.0390. The molecule has 0 bridgehead atoms. The van der Waals surface area contributed by atoms with Gasteiger partial charge in [0.2, 0.25) is 5.91 Å². The second kappa shape index (κ2) is 6.92. The summed E-state index contributed by atoms with van der Waals surface area (Å²) in [5, 5.41) is 9.24. The number of hydrogen-bond acceptors (Lipinski definition) is 2. The normalized spacial score (nSPS) is 19.4. The van der Waals surface area contributed by atoms with Gasteiger partial charge in [-0.25, -0.2) is 4.39 Å². The minimum atomic E-state index is -0.267. The maximum atomic E-state index is 13.3. The van der Waals surface area contributed by atoms with E-state index in [0.29, 0.717) is 13.1 Å². The third-order valence-electron chi connectivity index (χ3n) is 4.28. The number of amides is 1. The van der Waals surface area contributed by atoms with Crippen LogP contribution < -0.4 is 0 Å². The number of hydrogen-bond donors (Lipinski definition) is 1. The Morgan fingerprint density at radius 2 is 1.96 bits per heavy atom. The molecule has 1 aliphatic carbocycles. The summed E-state index contributed by atoms with van der Waals surface area (Å²) in [6.45, 7) is 0.753. The van der Waals surface area contributed by atoms with Crippen LogP contribution in [0.15, 0.2) is 54.6 Å². The van der Waals surface area contributed by atoms with Gasteiger partial charge in [-0.15, -0.1) is 0 Å². The molecule has 0 saturated heterocycles. The van der Waals surface area contributed by atoms with Crippen molar-refractivity contribution in [2.24, 2.45) is 5.92 Å². The smallest absolute Gasteiger partial charge is 0.226 e. The fourth-order valence-corrected chi connectivity index (χ4v) is 3.00. The first-order valence-corrected chi connectivity index (χ1v) is 7.88. The first-order valence-electron chi connectivity index (χ1n) is 7.88. The zero-order valence-electron chi connectivity index (χ0n) is 12.9. The molecule has 0 aromatic heterocycles. The van der Waals surface area contributed by atoms with Crippen LogP contribution in [0.5, 0.6) is 0 Å². The van der Waals surface area contributed by atoms with Gasteiger partial charge < -0.3 is 10.0 Å². The summed E-state index contributed by atoms with van der Waals surface area (Å²) in [4.78, 5) is 14.4. The standard InChI is InChI=1S/C19H20FNO2/c20-16-8-4-7-15(11-16)17-12-18(17)19(23)21(9-10-22)13-14-5-2-1-3-6-14/h1-8,11,17-18,22H,9-10,12-13H2. The van der Waals surface area contributed by atoms with Gasteiger partial charge in [-0.1, -0.05) is 42.5 Å². The van der Waals surface area contributed by atoms with Crippen molar-refractivity contribution in [1.82, 2.24) is 4.90 Å².